The number of esters is 1. The third-order valence-electron chi connectivity index (χ3n) is 1.59. The molecule has 1 N–H and O–H groups in total. The Bertz CT molecular complexity index is 333. The molecule has 0 fully saturated rings. The van der Waals surface area contributed by atoms with Crippen LogP contribution in [0.2, 0.25) is 10.2 Å². The predicted octanol–water partition coefficient (Wildman–Crippen LogP) is 2.81. The SMILES string of the molecule is CCOC(=O)c1[nH]c(Cl)c(C)c1Cl. The van der Waals surface area contributed by atoms with Gasteiger partial charge in [0.05, 0.1) is 11.6 Å². The quantitative estimate of drug-likeness (QED) is 0.781. The molecule has 0 aliphatic heterocycles. The molecule has 1 rings (SSSR count). The predicted molar refractivity (Wildman–Crippen MR) is 51.5 cm³/mol. The lowest BCUT2D eigenvalue weighted by atomic mass is 10.3. The van der Waals surface area contributed by atoms with Gasteiger partial charge in [-0.15, -0.1) is 0 Å². The lowest BCUT2D eigenvalue weighted by molar-refractivity contribution is 0.0520. The number of rotatable bonds is 2. The number of hydrogen-bond donors (Lipinski definition) is 1. The van der Waals surface area contributed by atoms with E-state index in [1.807, 2.05) is 0 Å². The van der Waals surface area contributed by atoms with Crippen LogP contribution in [0.25, 0.3) is 0 Å². The molecule has 1 aromatic rings. The average Bonchev–Trinajstić information content (AvgIpc) is 2.33. The summed E-state index contributed by atoms with van der Waals surface area (Å²) >= 11 is 11.6. The molecule has 0 aromatic carbocycles. The number of aromatic nitrogens is 1. The van der Waals surface area contributed by atoms with Gasteiger partial charge in [0.15, 0.2) is 0 Å². The maximum atomic E-state index is 11.2. The number of carbonyl (C=O) groups excluding carboxylic acids is 1. The second kappa shape index (κ2) is 4.03. The number of carbonyl (C=O) groups is 1. The van der Waals surface area contributed by atoms with Crippen molar-refractivity contribution >= 4 is 29.2 Å². The van der Waals surface area contributed by atoms with Gasteiger partial charge in [-0.05, 0) is 13.8 Å². The van der Waals surface area contributed by atoms with Crippen LogP contribution in [0.1, 0.15) is 23.0 Å². The van der Waals surface area contributed by atoms with Crippen LogP contribution in [-0.4, -0.2) is 17.6 Å². The molecule has 0 saturated carbocycles. The summed E-state index contributed by atoms with van der Waals surface area (Å²) in [5, 5.41) is 0.691. The summed E-state index contributed by atoms with van der Waals surface area (Å²) in [7, 11) is 0. The molecule has 0 spiro atoms. The molecule has 0 amide bonds. The van der Waals surface area contributed by atoms with E-state index < -0.39 is 5.97 Å². The summed E-state index contributed by atoms with van der Waals surface area (Å²) in [5.74, 6) is -0.484. The minimum absolute atomic E-state index is 0.214. The number of ether oxygens (including phenoxy) is 1. The van der Waals surface area contributed by atoms with Gasteiger partial charge >= 0.3 is 5.97 Å². The highest BCUT2D eigenvalue weighted by Crippen LogP contribution is 2.27. The van der Waals surface area contributed by atoms with Crippen molar-refractivity contribution in [3.63, 3.8) is 0 Å². The molecule has 0 unspecified atom stereocenters. The molecule has 0 aliphatic carbocycles. The first-order valence-corrected chi connectivity index (χ1v) is 4.54. The van der Waals surface area contributed by atoms with Crippen LogP contribution in [0.5, 0.6) is 0 Å². The van der Waals surface area contributed by atoms with Gasteiger partial charge in [-0.2, -0.15) is 0 Å². The third kappa shape index (κ3) is 1.98. The molecule has 72 valence electrons. The van der Waals surface area contributed by atoms with E-state index in [1.165, 1.54) is 0 Å². The zero-order valence-electron chi connectivity index (χ0n) is 7.28. The molecule has 1 aromatic heterocycles. The number of aromatic amines is 1. The molecular weight excluding hydrogens is 213 g/mol. The van der Waals surface area contributed by atoms with Gasteiger partial charge in [-0.25, -0.2) is 4.79 Å². The molecule has 5 heteroatoms. The van der Waals surface area contributed by atoms with Crippen LogP contribution in [0.4, 0.5) is 0 Å². The second-order valence-electron chi connectivity index (χ2n) is 2.47. The van der Waals surface area contributed by atoms with E-state index in [0.29, 0.717) is 22.3 Å². The van der Waals surface area contributed by atoms with Crippen molar-refractivity contribution in [1.29, 1.82) is 0 Å². The smallest absolute Gasteiger partial charge is 0.356 e. The Balaban J connectivity index is 3.01. The molecule has 13 heavy (non-hydrogen) atoms. The zero-order valence-corrected chi connectivity index (χ0v) is 8.79. The van der Waals surface area contributed by atoms with Gasteiger partial charge in [0.2, 0.25) is 0 Å². The Kier molecular flexibility index (Phi) is 3.22. The zero-order chi connectivity index (χ0) is 10.0. The van der Waals surface area contributed by atoms with Crippen molar-refractivity contribution < 1.29 is 9.53 Å². The van der Waals surface area contributed by atoms with Gasteiger partial charge in [0.1, 0.15) is 10.8 Å². The van der Waals surface area contributed by atoms with Crippen molar-refractivity contribution in [2.24, 2.45) is 0 Å². The van der Waals surface area contributed by atoms with Crippen molar-refractivity contribution in [2.45, 2.75) is 13.8 Å². The number of nitrogens with one attached hydrogen (secondary N) is 1. The van der Waals surface area contributed by atoms with Crippen molar-refractivity contribution in [3.8, 4) is 0 Å². The molecular formula is C8H9Cl2NO2. The first-order chi connectivity index (χ1) is 6.07. The number of halogens is 2. The average molecular weight is 222 g/mol. The minimum Gasteiger partial charge on any atom is -0.461 e. The van der Waals surface area contributed by atoms with Crippen LogP contribution >= 0.6 is 23.2 Å². The molecule has 3 nitrogen and oxygen atoms in total. The Hall–Kier alpha value is -0.670. The molecule has 0 saturated heterocycles. The lowest BCUT2D eigenvalue weighted by Crippen LogP contribution is -2.05. The van der Waals surface area contributed by atoms with E-state index >= 15 is 0 Å². The first kappa shape index (κ1) is 10.4. The van der Waals surface area contributed by atoms with Gasteiger partial charge in [-0.3, -0.25) is 0 Å². The Morgan fingerprint density at radius 3 is 2.54 bits per heavy atom. The van der Waals surface area contributed by atoms with Crippen LogP contribution in [0, 0.1) is 6.92 Å². The Morgan fingerprint density at radius 2 is 2.15 bits per heavy atom. The van der Waals surface area contributed by atoms with Crippen LogP contribution < -0.4 is 0 Å². The maximum absolute atomic E-state index is 11.2. The highest BCUT2D eigenvalue weighted by atomic mass is 35.5. The van der Waals surface area contributed by atoms with E-state index in [-0.39, 0.29) is 5.69 Å². The van der Waals surface area contributed by atoms with Gasteiger partial charge in [0, 0.05) is 5.56 Å². The fraction of sp³-hybridized carbons (Fsp3) is 0.375. The van der Waals surface area contributed by atoms with E-state index in [9.17, 15) is 4.79 Å². The fourth-order valence-electron chi connectivity index (χ4n) is 0.886. The minimum atomic E-state index is -0.484. The molecule has 0 radical (unpaired) electrons. The third-order valence-corrected chi connectivity index (χ3v) is 2.44. The first-order valence-electron chi connectivity index (χ1n) is 3.78. The highest BCUT2D eigenvalue weighted by molar-refractivity contribution is 6.37. The second-order valence-corrected chi connectivity index (χ2v) is 3.23. The summed E-state index contributed by atoms with van der Waals surface area (Å²) in [5.41, 5.74) is 0.873. The molecule has 1 heterocycles. The standard InChI is InChI=1S/C8H9Cl2NO2/c1-3-13-8(12)6-5(9)4(2)7(10)11-6/h11H,3H2,1-2H3. The molecule has 0 aliphatic rings. The molecule has 0 bridgehead atoms. The van der Waals surface area contributed by atoms with Crippen LogP contribution in [0.3, 0.4) is 0 Å². The van der Waals surface area contributed by atoms with Crippen LogP contribution in [-0.2, 0) is 4.74 Å². The van der Waals surface area contributed by atoms with Gasteiger partial charge < -0.3 is 9.72 Å². The summed E-state index contributed by atoms with van der Waals surface area (Å²) < 4.78 is 4.76. The van der Waals surface area contributed by atoms with Crippen molar-refractivity contribution in [1.82, 2.24) is 4.98 Å². The highest BCUT2D eigenvalue weighted by Gasteiger charge is 2.18. The van der Waals surface area contributed by atoms with E-state index in [0.717, 1.165) is 0 Å². The van der Waals surface area contributed by atoms with Gasteiger partial charge in [-0.1, -0.05) is 23.2 Å². The Labute approximate surface area is 86.0 Å². The normalized spacial score (nSPS) is 10.2. The van der Waals surface area contributed by atoms with Crippen molar-refractivity contribution in [3.05, 3.63) is 21.4 Å². The van der Waals surface area contributed by atoms with Crippen molar-refractivity contribution in [2.75, 3.05) is 6.61 Å². The fourth-order valence-corrected chi connectivity index (χ4v) is 1.34. The monoisotopic (exact) mass is 221 g/mol. The Morgan fingerprint density at radius 1 is 1.54 bits per heavy atom. The molecule has 0 atom stereocenters. The van der Waals surface area contributed by atoms with Crippen LogP contribution in [0.15, 0.2) is 0 Å². The van der Waals surface area contributed by atoms with E-state index in [1.54, 1.807) is 13.8 Å². The lowest BCUT2D eigenvalue weighted by Gasteiger charge is -1.98. The summed E-state index contributed by atoms with van der Waals surface area (Å²) in [6.07, 6.45) is 0. The van der Waals surface area contributed by atoms with E-state index in [4.69, 9.17) is 27.9 Å². The number of hydrogen-bond acceptors (Lipinski definition) is 2. The topological polar surface area (TPSA) is 42.1 Å². The maximum Gasteiger partial charge on any atom is 0.356 e. The largest absolute Gasteiger partial charge is 0.461 e. The van der Waals surface area contributed by atoms with E-state index in [2.05, 4.69) is 4.98 Å². The summed E-state index contributed by atoms with van der Waals surface area (Å²) in [4.78, 5) is 13.9. The summed E-state index contributed by atoms with van der Waals surface area (Å²) in [6, 6.07) is 0. The number of H-pyrrole nitrogens is 1. The summed E-state index contributed by atoms with van der Waals surface area (Å²) in [6.45, 7) is 3.76. The van der Waals surface area contributed by atoms with Gasteiger partial charge in [0.25, 0.3) is 0 Å².